The van der Waals surface area contributed by atoms with Crippen LogP contribution in [-0.2, 0) is 6.54 Å². The van der Waals surface area contributed by atoms with Gasteiger partial charge in [0.2, 0.25) is 0 Å². The summed E-state index contributed by atoms with van der Waals surface area (Å²) >= 11 is 1.01. The van der Waals surface area contributed by atoms with Crippen LogP contribution in [0.4, 0.5) is 0 Å². The van der Waals surface area contributed by atoms with Gasteiger partial charge in [0, 0.05) is 18.1 Å². The van der Waals surface area contributed by atoms with E-state index in [0.717, 1.165) is 23.9 Å². The van der Waals surface area contributed by atoms with Crippen LogP contribution < -0.4 is 4.87 Å². The van der Waals surface area contributed by atoms with Crippen molar-refractivity contribution in [1.29, 1.82) is 0 Å². The molecule has 0 unspecified atom stereocenters. The Labute approximate surface area is 57.1 Å². The molecule has 1 heterocycles. The first kappa shape index (κ1) is 6.48. The highest BCUT2D eigenvalue weighted by Gasteiger charge is 1.98. The lowest BCUT2D eigenvalue weighted by atomic mass is 10.6. The first-order valence-corrected chi connectivity index (χ1v) is 3.56. The number of rotatable bonds is 1. The molecule has 0 amide bonds. The number of aromatic nitrogens is 2. The summed E-state index contributed by atoms with van der Waals surface area (Å²) in [5, 5.41) is 0. The van der Waals surface area contributed by atoms with E-state index in [2.05, 4.69) is 4.37 Å². The van der Waals surface area contributed by atoms with Crippen LogP contribution in [0.2, 0.25) is 0 Å². The lowest BCUT2D eigenvalue weighted by Crippen LogP contribution is -2.12. The van der Waals surface area contributed by atoms with Gasteiger partial charge < -0.3 is 0 Å². The summed E-state index contributed by atoms with van der Waals surface area (Å²) < 4.78 is 5.52. The molecule has 0 saturated heterocycles. The molecular formula is C5H8N2OS. The maximum absolute atomic E-state index is 10.8. The average molecular weight is 144 g/mol. The predicted molar refractivity (Wildman–Crippen MR) is 36.8 cm³/mol. The van der Waals surface area contributed by atoms with Gasteiger partial charge in [-0.15, -0.1) is 0 Å². The molecule has 0 saturated carbocycles. The average Bonchev–Trinajstić information content (AvgIpc) is 2.12. The minimum absolute atomic E-state index is 0.0370. The van der Waals surface area contributed by atoms with E-state index in [1.54, 1.807) is 4.57 Å². The fourth-order valence-corrected chi connectivity index (χ4v) is 1.36. The van der Waals surface area contributed by atoms with E-state index in [4.69, 9.17) is 0 Å². The summed E-state index contributed by atoms with van der Waals surface area (Å²) in [4.78, 5) is 10.8. The number of hydrogen-bond acceptors (Lipinski definition) is 3. The van der Waals surface area contributed by atoms with Gasteiger partial charge in [-0.1, -0.05) is 0 Å². The van der Waals surface area contributed by atoms with Gasteiger partial charge in [-0.2, -0.15) is 4.37 Å². The Morgan fingerprint density at radius 1 is 1.78 bits per heavy atom. The quantitative estimate of drug-likeness (QED) is 0.579. The molecule has 0 aliphatic carbocycles. The molecule has 0 aliphatic heterocycles. The monoisotopic (exact) mass is 144 g/mol. The minimum atomic E-state index is 0.0370. The third-order valence-corrected chi connectivity index (χ3v) is 1.92. The second-order valence-corrected chi connectivity index (χ2v) is 2.45. The fourth-order valence-electron chi connectivity index (χ4n) is 0.694. The van der Waals surface area contributed by atoms with Gasteiger partial charge in [-0.25, -0.2) is 0 Å². The zero-order valence-corrected chi connectivity index (χ0v) is 6.23. The standard InChI is InChI=1S/C5H8N2OS/c1-3-7-4(2)6-9-5(7)8/h3H2,1-2H3. The SMILES string of the molecule is CCn1c(C)nsc1=O. The molecule has 0 spiro atoms. The van der Waals surface area contributed by atoms with E-state index < -0.39 is 0 Å². The molecule has 0 atom stereocenters. The zero-order chi connectivity index (χ0) is 6.85. The van der Waals surface area contributed by atoms with E-state index in [1.807, 2.05) is 13.8 Å². The second kappa shape index (κ2) is 2.31. The first-order chi connectivity index (χ1) is 4.25. The van der Waals surface area contributed by atoms with Crippen LogP contribution in [0.5, 0.6) is 0 Å². The van der Waals surface area contributed by atoms with Crippen molar-refractivity contribution in [2.75, 3.05) is 0 Å². The van der Waals surface area contributed by atoms with E-state index in [1.165, 1.54) is 0 Å². The summed E-state index contributed by atoms with van der Waals surface area (Å²) in [6.07, 6.45) is 0. The van der Waals surface area contributed by atoms with Crippen molar-refractivity contribution < 1.29 is 0 Å². The molecule has 0 bridgehead atoms. The Balaban J connectivity index is 3.23. The lowest BCUT2D eigenvalue weighted by Gasteiger charge is -1.92. The second-order valence-electron chi connectivity index (χ2n) is 1.74. The van der Waals surface area contributed by atoms with E-state index in [-0.39, 0.29) is 4.87 Å². The molecule has 1 rings (SSSR count). The molecule has 3 nitrogen and oxygen atoms in total. The fraction of sp³-hybridized carbons (Fsp3) is 0.600. The van der Waals surface area contributed by atoms with Crippen molar-refractivity contribution in [2.45, 2.75) is 20.4 Å². The minimum Gasteiger partial charge on any atom is -0.286 e. The van der Waals surface area contributed by atoms with Gasteiger partial charge in [-0.3, -0.25) is 9.36 Å². The first-order valence-electron chi connectivity index (χ1n) is 2.78. The molecule has 0 aromatic carbocycles. The van der Waals surface area contributed by atoms with Crippen LogP contribution in [0.1, 0.15) is 12.7 Å². The van der Waals surface area contributed by atoms with Crippen LogP contribution >= 0.6 is 11.5 Å². The summed E-state index contributed by atoms with van der Waals surface area (Å²) in [7, 11) is 0. The molecular weight excluding hydrogens is 136 g/mol. The molecule has 0 aliphatic rings. The molecule has 0 radical (unpaired) electrons. The van der Waals surface area contributed by atoms with Gasteiger partial charge in [0.05, 0.1) is 0 Å². The van der Waals surface area contributed by atoms with Crippen molar-refractivity contribution in [2.24, 2.45) is 0 Å². The highest BCUT2D eigenvalue weighted by atomic mass is 32.1. The Hall–Kier alpha value is -0.640. The Morgan fingerprint density at radius 2 is 2.44 bits per heavy atom. The largest absolute Gasteiger partial charge is 0.326 e. The smallest absolute Gasteiger partial charge is 0.286 e. The van der Waals surface area contributed by atoms with Gasteiger partial charge >= 0.3 is 4.87 Å². The predicted octanol–water partition coefficient (Wildman–Crippen LogP) is 0.633. The van der Waals surface area contributed by atoms with Crippen molar-refractivity contribution in [3.63, 3.8) is 0 Å². The van der Waals surface area contributed by atoms with Crippen LogP contribution in [0.25, 0.3) is 0 Å². The van der Waals surface area contributed by atoms with Gasteiger partial charge in [0.25, 0.3) is 0 Å². The number of hydrogen-bond donors (Lipinski definition) is 0. The highest BCUT2D eigenvalue weighted by Crippen LogP contribution is 1.90. The molecule has 0 fully saturated rings. The Morgan fingerprint density at radius 3 is 2.67 bits per heavy atom. The van der Waals surface area contributed by atoms with E-state index in [0.29, 0.717) is 0 Å². The normalized spacial score (nSPS) is 10.0. The summed E-state index contributed by atoms with van der Waals surface area (Å²) in [5.74, 6) is 0.813. The number of nitrogens with zero attached hydrogens (tertiary/aromatic N) is 2. The van der Waals surface area contributed by atoms with Crippen molar-refractivity contribution >= 4 is 11.5 Å². The number of aryl methyl sites for hydroxylation is 1. The lowest BCUT2D eigenvalue weighted by molar-refractivity contribution is 0.709. The highest BCUT2D eigenvalue weighted by molar-refractivity contribution is 7.02. The van der Waals surface area contributed by atoms with Crippen LogP contribution in [-0.4, -0.2) is 8.94 Å². The van der Waals surface area contributed by atoms with Crippen molar-refractivity contribution in [3.8, 4) is 0 Å². The van der Waals surface area contributed by atoms with Crippen LogP contribution in [0.15, 0.2) is 4.79 Å². The van der Waals surface area contributed by atoms with Gasteiger partial charge in [0.15, 0.2) is 0 Å². The summed E-state index contributed by atoms with van der Waals surface area (Å²) in [6.45, 7) is 4.49. The third kappa shape index (κ3) is 1.03. The topological polar surface area (TPSA) is 34.9 Å². The van der Waals surface area contributed by atoms with Gasteiger partial charge in [-0.05, 0) is 13.8 Å². The Bertz CT molecular complexity index is 250. The molecule has 9 heavy (non-hydrogen) atoms. The van der Waals surface area contributed by atoms with Crippen molar-refractivity contribution in [3.05, 3.63) is 15.5 Å². The molecule has 0 N–H and O–H groups in total. The Kier molecular flexibility index (Phi) is 1.66. The van der Waals surface area contributed by atoms with Gasteiger partial charge in [0.1, 0.15) is 5.82 Å². The van der Waals surface area contributed by atoms with E-state index >= 15 is 0 Å². The van der Waals surface area contributed by atoms with Crippen LogP contribution in [0.3, 0.4) is 0 Å². The maximum Gasteiger partial charge on any atom is 0.326 e. The zero-order valence-electron chi connectivity index (χ0n) is 5.42. The molecule has 50 valence electrons. The molecule has 1 aromatic heterocycles. The maximum atomic E-state index is 10.8. The molecule has 4 heteroatoms. The summed E-state index contributed by atoms with van der Waals surface area (Å²) in [6, 6.07) is 0. The third-order valence-electron chi connectivity index (χ3n) is 1.18. The van der Waals surface area contributed by atoms with Crippen molar-refractivity contribution in [1.82, 2.24) is 8.94 Å². The van der Waals surface area contributed by atoms with E-state index in [9.17, 15) is 4.79 Å². The molecule has 1 aromatic rings. The van der Waals surface area contributed by atoms with Crippen LogP contribution in [0, 0.1) is 6.92 Å². The summed E-state index contributed by atoms with van der Waals surface area (Å²) in [5.41, 5.74) is 0.